The van der Waals surface area contributed by atoms with Crippen molar-refractivity contribution in [1.29, 1.82) is 0 Å². The Morgan fingerprint density at radius 1 is 1.30 bits per heavy atom. The number of carboxylic acids is 1. The highest BCUT2D eigenvalue weighted by molar-refractivity contribution is 5.98. The molecule has 1 aromatic carbocycles. The molecule has 0 radical (unpaired) electrons. The molecular formula is C15H17NO4. The Morgan fingerprint density at radius 3 is 2.65 bits per heavy atom. The van der Waals surface area contributed by atoms with Gasteiger partial charge in [0.25, 0.3) is 5.91 Å². The third-order valence-corrected chi connectivity index (χ3v) is 4.29. The number of rotatable bonds is 2. The highest BCUT2D eigenvalue weighted by Gasteiger charge is 2.38. The molecule has 5 heteroatoms. The van der Waals surface area contributed by atoms with Crippen molar-refractivity contribution in [1.82, 2.24) is 4.90 Å². The minimum Gasteiger partial charge on any atom is -0.489 e. The Balaban J connectivity index is 1.83. The molecule has 106 valence electrons. The van der Waals surface area contributed by atoms with Crippen molar-refractivity contribution < 1.29 is 19.4 Å². The number of amides is 1. The van der Waals surface area contributed by atoms with Crippen molar-refractivity contribution in [2.24, 2.45) is 5.92 Å². The fourth-order valence-corrected chi connectivity index (χ4v) is 2.73. The van der Waals surface area contributed by atoms with Gasteiger partial charge in [-0.3, -0.25) is 9.59 Å². The summed E-state index contributed by atoms with van der Waals surface area (Å²) in [5.74, 6) is -0.488. The first-order chi connectivity index (χ1) is 9.49. The van der Waals surface area contributed by atoms with Crippen LogP contribution in [0.3, 0.4) is 0 Å². The van der Waals surface area contributed by atoms with Crippen molar-refractivity contribution in [3.63, 3.8) is 0 Å². The molecule has 2 aliphatic heterocycles. The van der Waals surface area contributed by atoms with Gasteiger partial charge in [-0.15, -0.1) is 0 Å². The zero-order valence-corrected chi connectivity index (χ0v) is 11.5. The monoisotopic (exact) mass is 275 g/mol. The molecule has 1 amide bonds. The smallest absolute Gasteiger partial charge is 0.310 e. The number of nitrogens with zero attached hydrogens (tertiary/aromatic N) is 1. The van der Waals surface area contributed by atoms with E-state index in [0.29, 0.717) is 11.3 Å². The number of ether oxygens (including phenoxy) is 1. The predicted octanol–water partition coefficient (Wildman–Crippen LogP) is 1.73. The first-order valence-electron chi connectivity index (χ1n) is 6.80. The number of fused-ring (bicyclic) bond motifs is 1. The molecule has 2 aliphatic rings. The molecule has 20 heavy (non-hydrogen) atoms. The van der Waals surface area contributed by atoms with Crippen LogP contribution >= 0.6 is 0 Å². The molecule has 0 spiro atoms. The lowest BCUT2D eigenvalue weighted by Crippen LogP contribution is -2.53. The fraction of sp³-hybridized carbons (Fsp3) is 0.467. The summed E-state index contributed by atoms with van der Waals surface area (Å²) in [5.41, 5.74) is 1.60. The second kappa shape index (κ2) is 4.51. The van der Waals surface area contributed by atoms with Crippen molar-refractivity contribution in [3.8, 4) is 5.75 Å². The van der Waals surface area contributed by atoms with E-state index in [-0.39, 0.29) is 31.0 Å². The topological polar surface area (TPSA) is 66.8 Å². The quantitative estimate of drug-likeness (QED) is 0.892. The van der Waals surface area contributed by atoms with Crippen LogP contribution in [0.2, 0.25) is 0 Å². The number of hydrogen-bond acceptors (Lipinski definition) is 3. The van der Waals surface area contributed by atoms with E-state index in [0.717, 1.165) is 5.56 Å². The standard InChI is InChI=1S/C15H17NO4/c1-8-9(2)20-13-11(8)4-3-5-12(13)14(17)16-6-10(7-16)15(18)19/h3-5,8-10H,6-7H2,1-2H3,(H,18,19). The highest BCUT2D eigenvalue weighted by atomic mass is 16.5. The summed E-state index contributed by atoms with van der Waals surface area (Å²) >= 11 is 0. The van der Waals surface area contributed by atoms with Crippen LogP contribution in [-0.4, -0.2) is 41.1 Å². The van der Waals surface area contributed by atoms with E-state index in [1.807, 2.05) is 19.1 Å². The van der Waals surface area contributed by atoms with Gasteiger partial charge in [-0.05, 0) is 13.0 Å². The van der Waals surface area contributed by atoms with Crippen molar-refractivity contribution >= 4 is 11.9 Å². The summed E-state index contributed by atoms with van der Waals surface area (Å²) in [5, 5.41) is 8.87. The van der Waals surface area contributed by atoms with Gasteiger partial charge in [0.1, 0.15) is 11.9 Å². The number of aliphatic carboxylic acids is 1. The van der Waals surface area contributed by atoms with Crippen LogP contribution in [0, 0.1) is 5.92 Å². The number of hydrogen-bond donors (Lipinski definition) is 1. The minimum atomic E-state index is -0.842. The van der Waals surface area contributed by atoms with E-state index in [4.69, 9.17) is 9.84 Å². The molecule has 3 rings (SSSR count). The van der Waals surface area contributed by atoms with Gasteiger partial charge < -0.3 is 14.7 Å². The van der Waals surface area contributed by atoms with Crippen molar-refractivity contribution in [3.05, 3.63) is 29.3 Å². The molecule has 2 atom stereocenters. The molecule has 2 heterocycles. The third kappa shape index (κ3) is 1.85. The number of likely N-dealkylation sites (tertiary alicyclic amines) is 1. The van der Waals surface area contributed by atoms with Crippen LogP contribution < -0.4 is 4.74 Å². The molecule has 1 aromatic rings. The lowest BCUT2D eigenvalue weighted by molar-refractivity contribution is -0.146. The van der Waals surface area contributed by atoms with E-state index < -0.39 is 11.9 Å². The van der Waals surface area contributed by atoms with Gasteiger partial charge in [0, 0.05) is 24.6 Å². The van der Waals surface area contributed by atoms with Gasteiger partial charge in [0.15, 0.2) is 0 Å². The molecule has 2 unspecified atom stereocenters. The van der Waals surface area contributed by atoms with Crippen LogP contribution in [0.15, 0.2) is 18.2 Å². The lowest BCUT2D eigenvalue weighted by atomic mass is 9.95. The molecule has 5 nitrogen and oxygen atoms in total. The number of carbonyl (C=O) groups is 2. The van der Waals surface area contributed by atoms with E-state index in [1.54, 1.807) is 11.0 Å². The van der Waals surface area contributed by atoms with Gasteiger partial charge in [0.05, 0.1) is 11.5 Å². The van der Waals surface area contributed by atoms with Gasteiger partial charge in [-0.2, -0.15) is 0 Å². The van der Waals surface area contributed by atoms with Gasteiger partial charge in [-0.1, -0.05) is 19.1 Å². The average Bonchev–Trinajstić information content (AvgIpc) is 2.63. The molecule has 1 N–H and O–H groups in total. The Morgan fingerprint density at radius 2 is 2.00 bits per heavy atom. The first-order valence-corrected chi connectivity index (χ1v) is 6.80. The van der Waals surface area contributed by atoms with E-state index in [9.17, 15) is 9.59 Å². The van der Waals surface area contributed by atoms with Gasteiger partial charge >= 0.3 is 5.97 Å². The normalized spacial score (nSPS) is 24.8. The van der Waals surface area contributed by atoms with Crippen LogP contribution in [0.5, 0.6) is 5.75 Å². The molecule has 1 fully saturated rings. The maximum absolute atomic E-state index is 12.4. The molecule has 0 aliphatic carbocycles. The largest absolute Gasteiger partial charge is 0.489 e. The summed E-state index contributed by atoms with van der Waals surface area (Å²) in [4.78, 5) is 24.8. The van der Waals surface area contributed by atoms with Crippen molar-refractivity contribution in [2.75, 3.05) is 13.1 Å². The SMILES string of the molecule is CC1Oc2c(C(=O)N3CC(C(=O)O)C3)cccc2C1C. The van der Waals surface area contributed by atoms with Gasteiger partial charge in [0.2, 0.25) is 0 Å². The lowest BCUT2D eigenvalue weighted by Gasteiger charge is -2.36. The molecule has 0 saturated carbocycles. The summed E-state index contributed by atoms with van der Waals surface area (Å²) in [7, 11) is 0. The van der Waals surface area contributed by atoms with Crippen LogP contribution in [0.25, 0.3) is 0 Å². The molecule has 0 bridgehead atoms. The number of carboxylic acid groups (broad SMARTS) is 1. The van der Waals surface area contributed by atoms with E-state index >= 15 is 0 Å². The molecule has 0 aromatic heterocycles. The molecular weight excluding hydrogens is 258 g/mol. The van der Waals surface area contributed by atoms with Crippen LogP contribution in [-0.2, 0) is 4.79 Å². The number of para-hydroxylation sites is 1. The third-order valence-electron chi connectivity index (χ3n) is 4.29. The van der Waals surface area contributed by atoms with Gasteiger partial charge in [-0.25, -0.2) is 0 Å². The number of carbonyl (C=O) groups excluding carboxylic acids is 1. The second-order valence-corrected chi connectivity index (χ2v) is 5.58. The maximum Gasteiger partial charge on any atom is 0.310 e. The van der Waals surface area contributed by atoms with E-state index in [1.165, 1.54) is 0 Å². The Hall–Kier alpha value is -2.04. The fourth-order valence-electron chi connectivity index (χ4n) is 2.73. The summed E-state index contributed by atoms with van der Waals surface area (Å²) in [6.45, 7) is 4.63. The first kappa shape index (κ1) is 13.0. The summed E-state index contributed by atoms with van der Waals surface area (Å²) in [6, 6.07) is 5.59. The van der Waals surface area contributed by atoms with Crippen molar-refractivity contribution in [2.45, 2.75) is 25.9 Å². The second-order valence-electron chi connectivity index (χ2n) is 5.58. The Bertz CT molecular complexity index is 577. The predicted molar refractivity (Wildman–Crippen MR) is 72.0 cm³/mol. The average molecular weight is 275 g/mol. The summed E-state index contributed by atoms with van der Waals surface area (Å²) < 4.78 is 5.80. The Labute approximate surface area is 117 Å². The Kier molecular flexibility index (Phi) is 2.92. The van der Waals surface area contributed by atoms with E-state index in [2.05, 4.69) is 6.92 Å². The maximum atomic E-state index is 12.4. The summed E-state index contributed by atoms with van der Waals surface area (Å²) in [6.07, 6.45) is 0.0575. The minimum absolute atomic E-state index is 0.0575. The molecule has 1 saturated heterocycles. The van der Waals surface area contributed by atoms with Crippen LogP contribution in [0.4, 0.5) is 0 Å². The number of benzene rings is 1. The zero-order valence-electron chi connectivity index (χ0n) is 11.5. The van der Waals surface area contributed by atoms with Crippen LogP contribution in [0.1, 0.15) is 35.7 Å². The zero-order chi connectivity index (χ0) is 14.4. The highest BCUT2D eigenvalue weighted by Crippen LogP contribution is 2.41.